The van der Waals surface area contributed by atoms with E-state index in [2.05, 4.69) is 0 Å². The van der Waals surface area contributed by atoms with Crippen molar-refractivity contribution in [2.45, 2.75) is 42.9 Å². The first kappa shape index (κ1) is 11.9. The number of rotatable bonds is 2. The van der Waals surface area contributed by atoms with Crippen LogP contribution in [0.2, 0.25) is 5.02 Å². The summed E-state index contributed by atoms with van der Waals surface area (Å²) in [5, 5.41) is 0.701. The maximum absolute atomic E-state index is 10.9. The van der Waals surface area contributed by atoms with Crippen molar-refractivity contribution in [1.29, 1.82) is 0 Å². The first-order valence-electron chi connectivity index (χ1n) is 5.62. The van der Waals surface area contributed by atoms with E-state index in [-0.39, 0.29) is 0 Å². The molecule has 1 aromatic carbocycles. The number of halogens is 1. The van der Waals surface area contributed by atoms with E-state index >= 15 is 0 Å². The lowest BCUT2D eigenvalue weighted by Crippen LogP contribution is -2.05. The number of hydrogen-bond donors (Lipinski definition) is 1. The molecule has 0 heterocycles. The summed E-state index contributed by atoms with van der Waals surface area (Å²) >= 11 is 6.14. The molecule has 0 aromatic heterocycles. The van der Waals surface area contributed by atoms with Crippen molar-refractivity contribution in [2.75, 3.05) is 0 Å². The maximum Gasteiger partial charge on any atom is 0.168 e. The van der Waals surface area contributed by atoms with E-state index in [9.17, 15) is 8.42 Å². The third-order valence-electron chi connectivity index (χ3n) is 3.24. The summed E-state index contributed by atoms with van der Waals surface area (Å²) in [5.41, 5.74) is 1.01. The van der Waals surface area contributed by atoms with Gasteiger partial charge in [0.2, 0.25) is 0 Å². The lowest BCUT2D eigenvalue weighted by Gasteiger charge is -2.23. The Hall–Kier alpha value is -0.540. The molecule has 16 heavy (non-hydrogen) atoms. The molecule has 1 aliphatic carbocycles. The van der Waals surface area contributed by atoms with Gasteiger partial charge < -0.3 is 0 Å². The summed E-state index contributed by atoms with van der Waals surface area (Å²) in [6, 6.07) is 5.01. The van der Waals surface area contributed by atoms with Crippen LogP contribution in [0.5, 0.6) is 0 Å². The second-order valence-corrected chi connectivity index (χ2v) is 5.74. The minimum Gasteiger partial charge on any atom is -0.227 e. The van der Waals surface area contributed by atoms with Gasteiger partial charge in [-0.05, 0) is 42.5 Å². The highest BCUT2D eigenvalue weighted by Gasteiger charge is 2.18. The quantitative estimate of drug-likeness (QED) is 0.826. The van der Waals surface area contributed by atoms with E-state index in [0.717, 1.165) is 18.4 Å². The molecule has 0 unspecified atom stereocenters. The van der Waals surface area contributed by atoms with E-state index in [1.807, 2.05) is 0 Å². The zero-order valence-corrected chi connectivity index (χ0v) is 10.6. The van der Waals surface area contributed by atoms with Gasteiger partial charge >= 0.3 is 0 Å². The lowest BCUT2D eigenvalue weighted by atomic mass is 9.84. The molecule has 0 radical (unpaired) electrons. The molecule has 0 atom stereocenters. The summed E-state index contributed by atoms with van der Waals surface area (Å²) in [4.78, 5) is 0.375. The van der Waals surface area contributed by atoms with Crippen LogP contribution in [0, 0.1) is 0 Å². The van der Waals surface area contributed by atoms with Crippen molar-refractivity contribution in [3.63, 3.8) is 0 Å². The van der Waals surface area contributed by atoms with Crippen molar-refractivity contribution in [2.24, 2.45) is 0 Å². The van der Waals surface area contributed by atoms with Crippen molar-refractivity contribution in [3.05, 3.63) is 28.8 Å². The van der Waals surface area contributed by atoms with Crippen LogP contribution in [0.1, 0.15) is 43.6 Å². The Balaban J connectivity index is 2.34. The number of benzene rings is 1. The van der Waals surface area contributed by atoms with Crippen LogP contribution in [0.25, 0.3) is 0 Å². The van der Waals surface area contributed by atoms with Gasteiger partial charge in [0.25, 0.3) is 0 Å². The highest BCUT2D eigenvalue weighted by Crippen LogP contribution is 2.36. The molecular formula is C12H15ClO2S. The van der Waals surface area contributed by atoms with Crippen molar-refractivity contribution >= 4 is 22.3 Å². The second kappa shape index (κ2) is 5.19. The normalized spacial score (nSPS) is 17.9. The Morgan fingerprint density at radius 3 is 2.44 bits per heavy atom. The van der Waals surface area contributed by atoms with Crippen LogP contribution in [-0.4, -0.2) is 8.42 Å². The van der Waals surface area contributed by atoms with Gasteiger partial charge in [-0.3, -0.25) is 0 Å². The van der Waals surface area contributed by atoms with E-state index in [1.54, 1.807) is 18.2 Å². The molecule has 0 aliphatic heterocycles. The standard InChI is InChI=1S/C12H15ClO2S/c13-12-7-6-10(16(14)15)8-11(12)9-4-2-1-3-5-9/h6-9,16H,1-5H2. The number of hydrogen-bond acceptors (Lipinski definition) is 2. The smallest absolute Gasteiger partial charge is 0.168 e. The average molecular weight is 259 g/mol. The van der Waals surface area contributed by atoms with Crippen LogP contribution in [0.15, 0.2) is 23.1 Å². The predicted molar refractivity (Wildman–Crippen MR) is 65.9 cm³/mol. The van der Waals surface area contributed by atoms with E-state index in [4.69, 9.17) is 11.6 Å². The van der Waals surface area contributed by atoms with Gasteiger partial charge in [0, 0.05) is 5.02 Å². The van der Waals surface area contributed by atoms with Gasteiger partial charge in [-0.15, -0.1) is 0 Å². The summed E-state index contributed by atoms with van der Waals surface area (Å²) in [7, 11) is -2.50. The van der Waals surface area contributed by atoms with Gasteiger partial charge in [0.1, 0.15) is 0 Å². The molecule has 1 saturated carbocycles. The molecule has 1 aliphatic rings. The molecule has 0 amide bonds. The molecule has 0 spiro atoms. The topological polar surface area (TPSA) is 34.1 Å². The molecule has 1 fully saturated rings. The fraction of sp³-hybridized carbons (Fsp3) is 0.500. The third-order valence-corrected chi connectivity index (χ3v) is 4.28. The Morgan fingerprint density at radius 1 is 1.12 bits per heavy atom. The summed E-state index contributed by atoms with van der Waals surface area (Å²) in [6.07, 6.45) is 5.96. The van der Waals surface area contributed by atoms with Gasteiger partial charge in [-0.25, -0.2) is 8.42 Å². The van der Waals surface area contributed by atoms with E-state index in [1.165, 1.54) is 19.3 Å². The van der Waals surface area contributed by atoms with E-state index in [0.29, 0.717) is 15.8 Å². The van der Waals surface area contributed by atoms with Crippen LogP contribution < -0.4 is 0 Å². The van der Waals surface area contributed by atoms with Crippen LogP contribution in [-0.2, 0) is 10.7 Å². The van der Waals surface area contributed by atoms with Crippen LogP contribution >= 0.6 is 11.6 Å². The van der Waals surface area contributed by atoms with Gasteiger partial charge in [-0.2, -0.15) is 0 Å². The Labute approximate surface area is 103 Å². The molecule has 0 saturated heterocycles. The molecule has 0 N–H and O–H groups in total. The minimum atomic E-state index is -2.50. The Kier molecular flexibility index (Phi) is 3.87. The first-order valence-corrected chi connectivity index (χ1v) is 7.18. The molecule has 2 nitrogen and oxygen atoms in total. The Bertz CT molecular complexity index is 440. The van der Waals surface area contributed by atoms with Crippen molar-refractivity contribution < 1.29 is 8.42 Å². The fourth-order valence-electron chi connectivity index (χ4n) is 2.37. The molecular weight excluding hydrogens is 244 g/mol. The molecule has 2 rings (SSSR count). The second-order valence-electron chi connectivity index (χ2n) is 4.30. The maximum atomic E-state index is 10.9. The Morgan fingerprint density at radius 2 is 1.81 bits per heavy atom. The number of thiol groups is 1. The summed E-state index contributed by atoms with van der Waals surface area (Å²) in [5.74, 6) is 0.441. The molecule has 0 bridgehead atoms. The molecule has 4 heteroatoms. The minimum absolute atomic E-state index is 0.375. The first-order chi connectivity index (χ1) is 7.68. The van der Waals surface area contributed by atoms with Crippen LogP contribution in [0.3, 0.4) is 0 Å². The van der Waals surface area contributed by atoms with Gasteiger partial charge in [-0.1, -0.05) is 30.9 Å². The monoisotopic (exact) mass is 258 g/mol. The largest absolute Gasteiger partial charge is 0.227 e. The van der Waals surface area contributed by atoms with Gasteiger partial charge in [0.15, 0.2) is 10.7 Å². The molecule has 1 aromatic rings. The zero-order chi connectivity index (χ0) is 11.5. The summed E-state index contributed by atoms with van der Waals surface area (Å²) < 4.78 is 21.9. The lowest BCUT2D eigenvalue weighted by molar-refractivity contribution is 0.443. The van der Waals surface area contributed by atoms with Crippen molar-refractivity contribution in [1.82, 2.24) is 0 Å². The summed E-state index contributed by atoms with van der Waals surface area (Å²) in [6.45, 7) is 0. The predicted octanol–water partition coefficient (Wildman–Crippen LogP) is 3.36. The third kappa shape index (κ3) is 2.58. The highest BCUT2D eigenvalue weighted by atomic mass is 35.5. The van der Waals surface area contributed by atoms with E-state index < -0.39 is 10.7 Å². The van der Waals surface area contributed by atoms with Crippen molar-refractivity contribution in [3.8, 4) is 0 Å². The van der Waals surface area contributed by atoms with Crippen LogP contribution in [0.4, 0.5) is 0 Å². The molecule has 88 valence electrons. The SMILES string of the molecule is O=[SH](=O)c1ccc(Cl)c(C2CCCCC2)c1. The van der Waals surface area contributed by atoms with Gasteiger partial charge in [0.05, 0.1) is 4.90 Å². The average Bonchev–Trinajstić information content (AvgIpc) is 2.30. The highest BCUT2D eigenvalue weighted by molar-refractivity contribution is 7.72. The fourth-order valence-corrected chi connectivity index (χ4v) is 3.08. The zero-order valence-electron chi connectivity index (χ0n) is 8.99.